The van der Waals surface area contributed by atoms with Crippen LogP contribution in [0.15, 0.2) is 40.3 Å². The molecule has 2 aromatic rings. The fourth-order valence-corrected chi connectivity index (χ4v) is 3.55. The van der Waals surface area contributed by atoms with Gasteiger partial charge in [-0.25, -0.2) is 4.98 Å². The molecule has 0 saturated heterocycles. The van der Waals surface area contributed by atoms with Crippen LogP contribution in [0, 0.1) is 13.8 Å². The summed E-state index contributed by atoms with van der Waals surface area (Å²) in [5.41, 5.74) is 3.56. The van der Waals surface area contributed by atoms with Crippen LogP contribution in [0.1, 0.15) is 29.7 Å². The zero-order valence-electron chi connectivity index (χ0n) is 12.3. The standard InChI is InChI=1S/C17H19ClN2S/c1-11-7-12(2)20-17(8-11)21-16-6-3-14(18)9-13(16)10-19-15-4-5-15/h3,6-9,15,19H,4-5,10H2,1-2H3. The molecule has 0 atom stereocenters. The molecule has 110 valence electrons. The van der Waals surface area contributed by atoms with E-state index in [4.69, 9.17) is 11.6 Å². The van der Waals surface area contributed by atoms with Crippen molar-refractivity contribution in [1.82, 2.24) is 10.3 Å². The van der Waals surface area contributed by atoms with Crippen LogP contribution < -0.4 is 5.32 Å². The molecule has 1 fully saturated rings. The normalized spacial score (nSPS) is 14.4. The number of nitrogens with zero attached hydrogens (tertiary/aromatic N) is 1. The van der Waals surface area contributed by atoms with E-state index in [1.807, 2.05) is 13.0 Å². The SMILES string of the molecule is Cc1cc(C)nc(Sc2ccc(Cl)cc2CNC2CC2)c1. The quantitative estimate of drug-likeness (QED) is 0.860. The van der Waals surface area contributed by atoms with Crippen LogP contribution in [0.5, 0.6) is 0 Å². The van der Waals surface area contributed by atoms with E-state index in [2.05, 4.69) is 41.5 Å². The number of aryl methyl sites for hydroxylation is 2. The fourth-order valence-electron chi connectivity index (χ4n) is 2.30. The van der Waals surface area contributed by atoms with Crippen LogP contribution in [-0.4, -0.2) is 11.0 Å². The number of hydrogen-bond donors (Lipinski definition) is 1. The van der Waals surface area contributed by atoms with Crippen LogP contribution in [-0.2, 0) is 6.54 Å². The second-order valence-corrected chi connectivity index (χ2v) is 7.13. The molecule has 0 amide bonds. The number of nitrogens with one attached hydrogen (secondary N) is 1. The van der Waals surface area contributed by atoms with Gasteiger partial charge in [-0.15, -0.1) is 0 Å². The summed E-state index contributed by atoms with van der Waals surface area (Å²) in [6.45, 7) is 5.02. The number of hydrogen-bond acceptors (Lipinski definition) is 3. The predicted molar refractivity (Wildman–Crippen MR) is 89.1 cm³/mol. The molecular formula is C17H19ClN2S. The molecule has 1 heterocycles. The first-order chi connectivity index (χ1) is 10.1. The zero-order chi connectivity index (χ0) is 14.8. The highest BCUT2D eigenvalue weighted by Crippen LogP contribution is 2.32. The summed E-state index contributed by atoms with van der Waals surface area (Å²) < 4.78 is 0. The van der Waals surface area contributed by atoms with Gasteiger partial charge in [0.1, 0.15) is 5.03 Å². The molecule has 0 unspecified atom stereocenters. The van der Waals surface area contributed by atoms with Crippen molar-refractivity contribution < 1.29 is 0 Å². The highest BCUT2D eigenvalue weighted by molar-refractivity contribution is 7.99. The Morgan fingerprint density at radius 3 is 2.76 bits per heavy atom. The Hall–Kier alpha value is -1.03. The summed E-state index contributed by atoms with van der Waals surface area (Å²) in [6.07, 6.45) is 2.59. The lowest BCUT2D eigenvalue weighted by Gasteiger charge is -2.11. The van der Waals surface area contributed by atoms with Gasteiger partial charge < -0.3 is 5.32 Å². The average Bonchev–Trinajstić information content (AvgIpc) is 3.22. The molecule has 21 heavy (non-hydrogen) atoms. The third kappa shape index (κ3) is 4.22. The third-order valence-corrected chi connectivity index (χ3v) is 4.74. The van der Waals surface area contributed by atoms with Gasteiger partial charge in [-0.1, -0.05) is 23.4 Å². The van der Waals surface area contributed by atoms with Crippen molar-refractivity contribution in [2.24, 2.45) is 0 Å². The summed E-state index contributed by atoms with van der Waals surface area (Å²) in [7, 11) is 0. The smallest absolute Gasteiger partial charge is 0.101 e. The monoisotopic (exact) mass is 318 g/mol. The Kier molecular flexibility index (Phi) is 4.53. The Balaban J connectivity index is 1.82. The van der Waals surface area contributed by atoms with Crippen molar-refractivity contribution in [1.29, 1.82) is 0 Å². The van der Waals surface area contributed by atoms with E-state index in [9.17, 15) is 0 Å². The van der Waals surface area contributed by atoms with Crippen molar-refractivity contribution in [3.05, 3.63) is 52.2 Å². The fraction of sp³-hybridized carbons (Fsp3) is 0.353. The lowest BCUT2D eigenvalue weighted by atomic mass is 10.2. The van der Waals surface area contributed by atoms with Crippen LogP contribution in [0.25, 0.3) is 0 Å². The van der Waals surface area contributed by atoms with Gasteiger partial charge in [-0.05, 0) is 68.1 Å². The molecule has 1 N–H and O–H groups in total. The number of aromatic nitrogens is 1. The van der Waals surface area contributed by atoms with Gasteiger partial charge in [0.2, 0.25) is 0 Å². The average molecular weight is 319 g/mol. The van der Waals surface area contributed by atoms with Crippen molar-refractivity contribution in [2.45, 2.75) is 49.2 Å². The van der Waals surface area contributed by atoms with Gasteiger partial charge in [-0.3, -0.25) is 0 Å². The van der Waals surface area contributed by atoms with Crippen molar-refractivity contribution in [2.75, 3.05) is 0 Å². The lowest BCUT2D eigenvalue weighted by molar-refractivity contribution is 0.680. The molecule has 1 aliphatic rings. The maximum absolute atomic E-state index is 6.15. The maximum Gasteiger partial charge on any atom is 0.101 e. The number of rotatable bonds is 5. The van der Waals surface area contributed by atoms with Crippen molar-refractivity contribution >= 4 is 23.4 Å². The van der Waals surface area contributed by atoms with E-state index in [1.165, 1.54) is 28.9 Å². The van der Waals surface area contributed by atoms with E-state index in [0.717, 1.165) is 22.3 Å². The summed E-state index contributed by atoms with van der Waals surface area (Å²) in [5.74, 6) is 0. The van der Waals surface area contributed by atoms with E-state index >= 15 is 0 Å². The first-order valence-electron chi connectivity index (χ1n) is 7.25. The number of pyridine rings is 1. The molecule has 4 heteroatoms. The molecular weight excluding hydrogens is 300 g/mol. The molecule has 2 nitrogen and oxygen atoms in total. The Morgan fingerprint density at radius 2 is 2.05 bits per heavy atom. The molecule has 1 aromatic carbocycles. The van der Waals surface area contributed by atoms with Crippen molar-refractivity contribution in [3.63, 3.8) is 0 Å². The van der Waals surface area contributed by atoms with Gasteiger partial charge in [0.15, 0.2) is 0 Å². The molecule has 1 aliphatic carbocycles. The molecule has 0 radical (unpaired) electrons. The van der Waals surface area contributed by atoms with Gasteiger partial charge in [0.25, 0.3) is 0 Å². The van der Waals surface area contributed by atoms with Gasteiger partial charge in [0.05, 0.1) is 0 Å². The van der Waals surface area contributed by atoms with E-state index in [1.54, 1.807) is 11.8 Å². The Labute approximate surface area is 135 Å². The van der Waals surface area contributed by atoms with Gasteiger partial charge in [-0.2, -0.15) is 0 Å². The molecule has 1 saturated carbocycles. The van der Waals surface area contributed by atoms with Crippen molar-refractivity contribution in [3.8, 4) is 0 Å². The van der Waals surface area contributed by atoms with Crippen LogP contribution in [0.4, 0.5) is 0 Å². The molecule has 0 aliphatic heterocycles. The summed E-state index contributed by atoms with van der Waals surface area (Å²) >= 11 is 7.86. The Morgan fingerprint density at radius 1 is 1.24 bits per heavy atom. The topological polar surface area (TPSA) is 24.9 Å². The first kappa shape index (κ1) is 14.9. The maximum atomic E-state index is 6.15. The first-order valence-corrected chi connectivity index (χ1v) is 8.44. The molecule has 0 spiro atoms. The second kappa shape index (κ2) is 6.39. The molecule has 0 bridgehead atoms. The summed E-state index contributed by atoms with van der Waals surface area (Å²) in [6, 6.07) is 11.0. The van der Waals surface area contributed by atoms with Crippen LogP contribution >= 0.6 is 23.4 Å². The number of halogens is 1. The van der Waals surface area contributed by atoms with E-state index in [0.29, 0.717) is 6.04 Å². The minimum atomic E-state index is 0.696. The van der Waals surface area contributed by atoms with E-state index in [-0.39, 0.29) is 0 Å². The summed E-state index contributed by atoms with van der Waals surface area (Å²) in [5, 5.41) is 5.39. The lowest BCUT2D eigenvalue weighted by Crippen LogP contribution is -2.15. The second-order valence-electron chi connectivity index (χ2n) is 5.63. The Bertz CT molecular complexity index is 633. The molecule has 3 rings (SSSR count). The van der Waals surface area contributed by atoms with Crippen LogP contribution in [0.3, 0.4) is 0 Å². The third-order valence-electron chi connectivity index (χ3n) is 3.47. The highest BCUT2D eigenvalue weighted by atomic mass is 35.5. The highest BCUT2D eigenvalue weighted by Gasteiger charge is 2.20. The summed E-state index contributed by atoms with van der Waals surface area (Å²) in [4.78, 5) is 5.84. The number of benzene rings is 1. The van der Waals surface area contributed by atoms with Gasteiger partial charge in [0, 0.05) is 28.2 Å². The molecule has 1 aromatic heterocycles. The minimum absolute atomic E-state index is 0.696. The van der Waals surface area contributed by atoms with Crippen LogP contribution in [0.2, 0.25) is 5.02 Å². The minimum Gasteiger partial charge on any atom is -0.310 e. The van der Waals surface area contributed by atoms with Gasteiger partial charge >= 0.3 is 0 Å². The largest absolute Gasteiger partial charge is 0.310 e. The zero-order valence-corrected chi connectivity index (χ0v) is 13.9. The van der Waals surface area contributed by atoms with E-state index < -0.39 is 0 Å². The predicted octanol–water partition coefficient (Wildman–Crippen LogP) is 4.76.